The first-order chi connectivity index (χ1) is 54.1. The summed E-state index contributed by atoms with van der Waals surface area (Å²) in [5.74, 6) is -1.32. The third-order valence-corrected chi connectivity index (χ3v) is 25.6. The zero-order valence-electron chi connectivity index (χ0n) is 63.7. The predicted molar refractivity (Wildman–Crippen MR) is 438 cm³/mol. The lowest BCUT2D eigenvalue weighted by Crippen LogP contribution is -2.44. The number of ether oxygens (including phenoxy) is 7. The van der Waals surface area contributed by atoms with Gasteiger partial charge in [-0.15, -0.1) is 0 Å². The molecule has 0 unspecified atom stereocenters. The monoisotopic (exact) mass is 1740 g/mol. The largest absolute Gasteiger partial charge is 0.378 e. The van der Waals surface area contributed by atoms with E-state index in [1.165, 1.54) is 0 Å². The molecule has 6 aromatic carbocycles. The van der Waals surface area contributed by atoms with Gasteiger partial charge in [-0.1, -0.05) is 106 Å². The van der Waals surface area contributed by atoms with Crippen molar-refractivity contribution in [2.24, 2.45) is 5.73 Å². The number of rotatable bonds is 48. The quantitative estimate of drug-likeness (QED) is 0.0175. The van der Waals surface area contributed by atoms with Crippen LogP contribution in [0.4, 0.5) is 0 Å². The van der Waals surface area contributed by atoms with Crippen LogP contribution in [0.1, 0.15) is 106 Å². The Kier molecular flexibility index (Phi) is 36.6. The maximum absolute atomic E-state index is 13.4. The molecule has 0 saturated carbocycles. The molecular weight excluding hydrogens is 1640 g/mol. The van der Waals surface area contributed by atoms with Gasteiger partial charge in [-0.05, 0) is 163 Å². The minimum Gasteiger partial charge on any atom is -0.378 e. The topological polar surface area (TPSA) is 326 Å². The molecule has 3 heterocycles. The number of halogens is 6. The second-order valence-corrected chi connectivity index (χ2v) is 36.1. The normalized spacial score (nSPS) is 16.4. The average Bonchev–Trinajstić information content (AvgIpc) is 0.782. The average molecular weight is 1740 g/mol. The molecule has 3 aliphatic rings. The Balaban J connectivity index is 0.636. The fourth-order valence-electron chi connectivity index (χ4n) is 13.8. The maximum Gasteiger partial charge on any atom is 0.240 e. The number of sulfonamides is 3. The molecule has 0 aliphatic carbocycles. The molecule has 620 valence electrons. The van der Waals surface area contributed by atoms with Crippen LogP contribution in [0.5, 0.6) is 0 Å². The molecule has 3 amide bonds. The van der Waals surface area contributed by atoms with Crippen molar-refractivity contribution < 1.29 is 72.8 Å². The summed E-state index contributed by atoms with van der Waals surface area (Å²) in [5.41, 5.74) is 14.1. The van der Waals surface area contributed by atoms with Gasteiger partial charge in [-0.25, -0.2) is 39.4 Å². The van der Waals surface area contributed by atoms with E-state index in [0.717, 1.165) is 50.1 Å². The van der Waals surface area contributed by atoms with Gasteiger partial charge in [0, 0.05) is 151 Å². The first-order valence-electron chi connectivity index (χ1n) is 37.5. The number of amides is 3. The van der Waals surface area contributed by atoms with Crippen LogP contribution in [0.3, 0.4) is 0 Å². The zero-order valence-corrected chi connectivity index (χ0v) is 70.7. The Morgan fingerprint density at radius 3 is 0.894 bits per heavy atom. The van der Waals surface area contributed by atoms with Gasteiger partial charge in [0.05, 0.1) is 107 Å². The highest BCUT2D eigenvalue weighted by atomic mass is 35.5. The van der Waals surface area contributed by atoms with E-state index in [-0.39, 0.29) is 220 Å². The van der Waals surface area contributed by atoms with Crippen molar-refractivity contribution in [3.05, 3.63) is 189 Å². The Labute approximate surface area is 693 Å². The van der Waals surface area contributed by atoms with Crippen molar-refractivity contribution in [3.8, 4) is 0 Å². The molecule has 3 atom stereocenters. The summed E-state index contributed by atoms with van der Waals surface area (Å²) >= 11 is 38.8. The number of nitrogens with one attached hydrogen (secondary N) is 6. The van der Waals surface area contributed by atoms with Crippen molar-refractivity contribution in [2.75, 3.05) is 173 Å². The Hall–Kier alpha value is -5.24. The van der Waals surface area contributed by atoms with Crippen molar-refractivity contribution in [3.63, 3.8) is 0 Å². The van der Waals surface area contributed by atoms with Crippen LogP contribution in [0.15, 0.2) is 124 Å². The molecule has 0 radical (unpaired) electrons. The molecule has 35 heteroatoms. The summed E-state index contributed by atoms with van der Waals surface area (Å²) in [7, 11) is -5.64. The number of carbonyl (C=O) groups excluding carboxylic acids is 3. The number of benzene rings is 6. The number of nitrogens with two attached hydrogens (primary N) is 1. The summed E-state index contributed by atoms with van der Waals surface area (Å²) in [4.78, 5) is 46.2. The van der Waals surface area contributed by atoms with Crippen molar-refractivity contribution in [2.45, 2.75) is 96.1 Å². The van der Waals surface area contributed by atoms with Crippen LogP contribution in [-0.4, -0.2) is 236 Å². The van der Waals surface area contributed by atoms with Crippen LogP contribution in [0.2, 0.25) is 30.1 Å². The van der Waals surface area contributed by atoms with Gasteiger partial charge in [0.25, 0.3) is 0 Å². The fourth-order valence-corrected chi connectivity index (χ4v) is 18.7. The van der Waals surface area contributed by atoms with E-state index in [9.17, 15) is 39.6 Å². The lowest BCUT2D eigenvalue weighted by atomic mass is 9.84. The SMILES string of the molecule is CN1Cc2c(Cl)cc(Cl)cc2[C@H](c2cccc(S(=O)(=O)NCCOCCOCCNC(=O)CCC(N)(CCC(=O)NCCOCCOCCNS(=O)(=O)c3cccc([C@@H]4CN(C)Cc5c(Cl)cc(Cl)cc54)c3)CCC(=O)NCCOCCOCCOCCNS(=O)(=O)c3cccc([C@@H]4CN(C)Cc5c(Cl)cc(Cl)cc54)c3)c2)C1. The van der Waals surface area contributed by atoms with Crippen LogP contribution in [-0.2, 0) is 97.2 Å². The fraction of sp³-hybridized carbons (Fsp3) is 0.500. The number of fused-ring (bicyclic) bond motifs is 3. The van der Waals surface area contributed by atoms with Crippen molar-refractivity contribution >= 4 is 117 Å². The van der Waals surface area contributed by atoms with E-state index in [1.54, 1.807) is 72.8 Å². The summed E-state index contributed by atoms with van der Waals surface area (Å²) in [6, 6.07) is 31.3. The molecule has 9 rings (SSSR count). The molecule has 0 bridgehead atoms. The van der Waals surface area contributed by atoms with E-state index in [1.807, 2.05) is 57.5 Å². The van der Waals surface area contributed by atoms with Gasteiger partial charge in [0.2, 0.25) is 47.8 Å². The summed E-state index contributed by atoms with van der Waals surface area (Å²) in [5, 5.41) is 11.7. The number of hydrogen-bond donors (Lipinski definition) is 7. The minimum atomic E-state index is -3.88. The van der Waals surface area contributed by atoms with Crippen molar-refractivity contribution in [1.82, 2.24) is 44.8 Å². The second kappa shape index (κ2) is 45.1. The third kappa shape index (κ3) is 28.8. The summed E-state index contributed by atoms with van der Waals surface area (Å²) in [6.45, 7) is 7.03. The van der Waals surface area contributed by atoms with E-state index in [0.29, 0.717) is 69.4 Å². The molecule has 113 heavy (non-hydrogen) atoms. The molecule has 0 fully saturated rings. The predicted octanol–water partition coefficient (Wildman–Crippen LogP) is 9.08. The van der Waals surface area contributed by atoms with Gasteiger partial charge in [0.1, 0.15) is 0 Å². The first-order valence-corrected chi connectivity index (χ1v) is 44.2. The summed E-state index contributed by atoms with van der Waals surface area (Å²) < 4.78 is 127. The number of nitrogens with zero attached hydrogens (tertiary/aromatic N) is 3. The molecule has 0 saturated heterocycles. The zero-order chi connectivity index (χ0) is 81.1. The van der Waals surface area contributed by atoms with Gasteiger partial charge >= 0.3 is 0 Å². The van der Waals surface area contributed by atoms with Gasteiger partial charge < -0.3 is 69.5 Å². The Morgan fingerprint density at radius 1 is 0.381 bits per heavy atom. The van der Waals surface area contributed by atoms with Crippen LogP contribution >= 0.6 is 69.6 Å². The van der Waals surface area contributed by atoms with Crippen LogP contribution in [0.25, 0.3) is 0 Å². The highest BCUT2D eigenvalue weighted by molar-refractivity contribution is 7.90. The molecular formula is C78H102Cl6N10O16S3. The minimum absolute atomic E-state index is 0.00180. The van der Waals surface area contributed by atoms with E-state index < -0.39 is 35.6 Å². The molecule has 0 aromatic heterocycles. The third-order valence-electron chi connectivity index (χ3n) is 19.5. The van der Waals surface area contributed by atoms with Gasteiger partial charge in [-0.2, -0.15) is 0 Å². The first kappa shape index (κ1) is 91.7. The highest BCUT2D eigenvalue weighted by Crippen LogP contribution is 2.42. The van der Waals surface area contributed by atoms with Crippen LogP contribution in [0, 0.1) is 0 Å². The molecule has 3 aliphatic heterocycles. The number of likely N-dealkylation sites (N-methyl/N-ethyl adjacent to an activating group) is 3. The van der Waals surface area contributed by atoms with E-state index in [4.69, 9.17) is 108 Å². The molecule has 6 aromatic rings. The van der Waals surface area contributed by atoms with Gasteiger partial charge in [0.15, 0.2) is 0 Å². The standard InChI is InChI=1S/C78H102Cl6N10O16S3/c1-92-48-66(63-42-57(79)45-72(82)69(63)51-92)54-7-4-10-60(39-54)111(98,99)89-22-28-107-33-31-104-25-19-86-75(95)13-16-78(85,17-14-76(96)87-20-26-105-32-34-108-29-23-90-112(100,101)61-11-5-8-55(40-61)67-49-93(2)52-70-64(67)43-58(80)46-73(70)83)18-15-77(97)88-21-27-106-35-37-110-38-36-109-30-24-91-113(102,103)62-12-6-9-56(41-62)68-50-94(3)53-71-65(68)44-59(81)47-74(71)84/h4-12,39-47,66-68,89-91H,13-38,48-53,85H2,1-3H3,(H,86,95)(H,87,96)(H,88,97)/t66-,67-,68-/m0/s1. The second-order valence-electron chi connectivity index (χ2n) is 28.2. The highest BCUT2D eigenvalue weighted by Gasteiger charge is 2.33. The summed E-state index contributed by atoms with van der Waals surface area (Å²) in [6.07, 6.45) is 0.473. The molecule has 0 spiro atoms. The molecule has 26 nitrogen and oxygen atoms in total. The maximum atomic E-state index is 13.4. The Morgan fingerprint density at radius 2 is 0.628 bits per heavy atom. The Bertz CT molecular complexity index is 4340. The van der Waals surface area contributed by atoms with E-state index >= 15 is 0 Å². The van der Waals surface area contributed by atoms with Crippen molar-refractivity contribution in [1.29, 1.82) is 0 Å². The van der Waals surface area contributed by atoms with Crippen LogP contribution < -0.4 is 35.9 Å². The number of hydrogen-bond acceptors (Lipinski definition) is 20. The number of carbonyl (C=O) groups is 3. The smallest absolute Gasteiger partial charge is 0.240 e. The molecule has 8 N–H and O–H groups in total. The van der Waals surface area contributed by atoms with Gasteiger partial charge in [-0.3, -0.25) is 14.4 Å². The lowest BCUT2D eigenvalue weighted by molar-refractivity contribution is -0.121. The lowest BCUT2D eigenvalue weighted by Gasteiger charge is -2.33. The van der Waals surface area contributed by atoms with E-state index in [2.05, 4.69) is 44.8 Å².